The molecule has 0 N–H and O–H groups in total. The van der Waals surface area contributed by atoms with Gasteiger partial charge in [-0.25, -0.2) is 4.39 Å². The van der Waals surface area contributed by atoms with Crippen molar-refractivity contribution in [2.75, 3.05) is 4.90 Å². The minimum Gasteiger partial charge on any atom is -0.306 e. The van der Waals surface area contributed by atoms with Crippen LogP contribution in [0.2, 0.25) is 0 Å². The fourth-order valence-corrected chi connectivity index (χ4v) is 2.76. The fraction of sp³-hybridized carbons (Fsp3) is 0.417. The highest BCUT2D eigenvalue weighted by molar-refractivity contribution is 5.99. The summed E-state index contributed by atoms with van der Waals surface area (Å²) in [6, 6.07) is 6.76. The molecule has 1 aliphatic carbocycles. The van der Waals surface area contributed by atoms with Gasteiger partial charge in [-0.1, -0.05) is 12.1 Å². The lowest BCUT2D eigenvalue weighted by atomic mass is 10.1. The molecule has 2 aliphatic rings. The Kier molecular flexibility index (Phi) is 1.81. The Morgan fingerprint density at radius 3 is 2.73 bits per heavy atom. The number of piperidine rings is 1. The number of halogens is 1. The minimum absolute atomic E-state index is 0.108. The average Bonchev–Trinajstić information content (AvgIpc) is 2.80. The number of carbonyl (C=O) groups is 1. The molecule has 2 fully saturated rings. The number of carbonyl (C=O) groups excluding carboxylic acids is 1. The summed E-state index contributed by atoms with van der Waals surface area (Å²) in [4.78, 5) is 13.5. The normalized spacial score (nSPS) is 28.9. The maximum atomic E-state index is 13.5. The topological polar surface area (TPSA) is 20.3 Å². The molecule has 78 valence electrons. The lowest BCUT2D eigenvalue weighted by molar-refractivity contribution is -0.121. The zero-order valence-corrected chi connectivity index (χ0v) is 8.32. The van der Waals surface area contributed by atoms with Crippen LogP contribution in [0.1, 0.15) is 19.3 Å². The van der Waals surface area contributed by atoms with Gasteiger partial charge in [0, 0.05) is 12.0 Å². The van der Waals surface area contributed by atoms with E-state index >= 15 is 0 Å². The van der Waals surface area contributed by atoms with Crippen LogP contribution in [-0.2, 0) is 4.79 Å². The van der Waals surface area contributed by atoms with Crippen LogP contribution in [0.3, 0.4) is 0 Å². The van der Waals surface area contributed by atoms with Crippen molar-refractivity contribution in [2.24, 2.45) is 5.92 Å². The van der Waals surface area contributed by atoms with Crippen molar-refractivity contribution in [3.8, 4) is 0 Å². The average molecular weight is 205 g/mol. The molecule has 2 bridgehead atoms. The van der Waals surface area contributed by atoms with E-state index in [2.05, 4.69) is 0 Å². The Morgan fingerprint density at radius 2 is 2.07 bits per heavy atom. The van der Waals surface area contributed by atoms with Gasteiger partial charge in [-0.15, -0.1) is 0 Å². The van der Waals surface area contributed by atoms with Crippen molar-refractivity contribution in [3.05, 3.63) is 30.1 Å². The van der Waals surface area contributed by atoms with Crippen LogP contribution >= 0.6 is 0 Å². The lowest BCUT2D eigenvalue weighted by Gasteiger charge is -2.27. The van der Waals surface area contributed by atoms with Crippen molar-refractivity contribution < 1.29 is 9.18 Å². The second kappa shape index (κ2) is 3.05. The summed E-state index contributed by atoms with van der Waals surface area (Å²) in [7, 11) is 0. The summed E-state index contributed by atoms with van der Waals surface area (Å²) in [5.74, 6) is -0.0376. The predicted molar refractivity (Wildman–Crippen MR) is 55.0 cm³/mol. The van der Waals surface area contributed by atoms with Crippen LogP contribution in [0.15, 0.2) is 24.3 Å². The van der Waals surface area contributed by atoms with Gasteiger partial charge in [0.25, 0.3) is 0 Å². The van der Waals surface area contributed by atoms with E-state index in [-0.39, 0.29) is 23.7 Å². The van der Waals surface area contributed by atoms with Gasteiger partial charge in [0.15, 0.2) is 0 Å². The van der Waals surface area contributed by atoms with Crippen molar-refractivity contribution >= 4 is 11.6 Å². The van der Waals surface area contributed by atoms with Crippen molar-refractivity contribution in [2.45, 2.75) is 25.3 Å². The Balaban J connectivity index is 2.02. The summed E-state index contributed by atoms with van der Waals surface area (Å²) in [5.41, 5.74) is 0.453. The van der Waals surface area contributed by atoms with Crippen molar-refractivity contribution in [1.29, 1.82) is 0 Å². The molecule has 0 radical (unpaired) electrons. The molecule has 0 spiro atoms. The maximum absolute atomic E-state index is 13.5. The Bertz CT molecular complexity index is 418. The molecule has 3 rings (SSSR count). The van der Waals surface area contributed by atoms with Crippen LogP contribution in [0.4, 0.5) is 10.1 Å². The minimum atomic E-state index is -0.293. The maximum Gasteiger partial charge on any atom is 0.230 e. The number of anilines is 1. The zero-order valence-electron chi connectivity index (χ0n) is 8.32. The van der Waals surface area contributed by atoms with E-state index in [4.69, 9.17) is 0 Å². The van der Waals surface area contributed by atoms with Gasteiger partial charge in [-0.3, -0.25) is 4.79 Å². The Hall–Kier alpha value is -1.38. The smallest absolute Gasteiger partial charge is 0.230 e. The number of nitrogens with zero attached hydrogens (tertiary/aromatic N) is 1. The lowest BCUT2D eigenvalue weighted by Crippen LogP contribution is -2.37. The van der Waals surface area contributed by atoms with Crippen molar-refractivity contribution in [1.82, 2.24) is 0 Å². The van der Waals surface area contributed by atoms with Gasteiger partial charge >= 0.3 is 0 Å². The van der Waals surface area contributed by atoms with Crippen LogP contribution in [0.25, 0.3) is 0 Å². The van der Waals surface area contributed by atoms with E-state index < -0.39 is 0 Å². The molecule has 1 saturated heterocycles. The number of amides is 1. The summed E-state index contributed by atoms with van der Waals surface area (Å²) in [5, 5.41) is 0. The summed E-state index contributed by atoms with van der Waals surface area (Å²) in [6.07, 6.45) is 2.91. The monoisotopic (exact) mass is 205 g/mol. The van der Waals surface area contributed by atoms with Crippen LogP contribution in [0, 0.1) is 11.7 Å². The Labute approximate surface area is 87.7 Å². The highest BCUT2D eigenvalue weighted by Gasteiger charge is 2.45. The molecule has 3 heteroatoms. The third-order valence-electron chi connectivity index (χ3n) is 3.47. The third-order valence-corrected chi connectivity index (χ3v) is 3.47. The molecule has 1 amide bonds. The van der Waals surface area contributed by atoms with Gasteiger partial charge in [0.1, 0.15) is 5.82 Å². The SMILES string of the molecule is O=C1C2CCC(C2)N1c1ccccc1F. The Morgan fingerprint density at radius 1 is 1.27 bits per heavy atom. The molecule has 1 aromatic rings. The molecule has 2 unspecified atom stereocenters. The molecule has 2 nitrogen and oxygen atoms in total. The number of fused-ring (bicyclic) bond motifs is 2. The molecule has 1 saturated carbocycles. The molecule has 15 heavy (non-hydrogen) atoms. The van der Waals surface area contributed by atoms with E-state index in [0.717, 1.165) is 19.3 Å². The molecule has 2 atom stereocenters. The standard InChI is InChI=1S/C12H12FNO/c13-10-3-1-2-4-11(10)14-9-6-5-8(7-9)12(14)15/h1-4,8-9H,5-7H2. The fourth-order valence-electron chi connectivity index (χ4n) is 2.76. The predicted octanol–water partition coefficient (Wildman–Crippen LogP) is 2.34. The first-order valence-electron chi connectivity index (χ1n) is 5.35. The molecule has 0 aromatic heterocycles. The van der Waals surface area contributed by atoms with Crippen LogP contribution < -0.4 is 4.90 Å². The van der Waals surface area contributed by atoms with E-state index in [1.165, 1.54) is 6.07 Å². The first-order chi connectivity index (χ1) is 7.27. The first kappa shape index (κ1) is 8.89. The van der Waals surface area contributed by atoms with Gasteiger partial charge in [0.2, 0.25) is 5.91 Å². The summed E-state index contributed by atoms with van der Waals surface area (Å²) >= 11 is 0. The second-order valence-electron chi connectivity index (χ2n) is 4.32. The first-order valence-corrected chi connectivity index (χ1v) is 5.35. The van der Waals surface area contributed by atoms with Gasteiger partial charge < -0.3 is 4.90 Å². The van der Waals surface area contributed by atoms with Crippen LogP contribution in [0.5, 0.6) is 0 Å². The number of para-hydroxylation sites is 1. The van der Waals surface area contributed by atoms with Gasteiger partial charge in [0.05, 0.1) is 5.69 Å². The number of benzene rings is 1. The zero-order chi connectivity index (χ0) is 10.4. The second-order valence-corrected chi connectivity index (χ2v) is 4.32. The molecule has 1 aromatic carbocycles. The van der Waals surface area contributed by atoms with Crippen molar-refractivity contribution in [3.63, 3.8) is 0 Å². The highest BCUT2D eigenvalue weighted by Crippen LogP contribution is 2.41. The molecule has 1 aliphatic heterocycles. The summed E-state index contributed by atoms with van der Waals surface area (Å²) < 4.78 is 13.5. The van der Waals surface area contributed by atoms with E-state index in [1.54, 1.807) is 23.1 Å². The number of hydrogen-bond acceptors (Lipinski definition) is 1. The van der Waals surface area contributed by atoms with Gasteiger partial charge in [-0.2, -0.15) is 0 Å². The third kappa shape index (κ3) is 1.19. The van der Waals surface area contributed by atoms with E-state index in [9.17, 15) is 9.18 Å². The quantitative estimate of drug-likeness (QED) is 0.689. The summed E-state index contributed by atoms with van der Waals surface area (Å²) in [6.45, 7) is 0. The molecular weight excluding hydrogens is 193 g/mol. The van der Waals surface area contributed by atoms with E-state index in [1.807, 2.05) is 0 Å². The number of hydrogen-bond donors (Lipinski definition) is 0. The highest BCUT2D eigenvalue weighted by atomic mass is 19.1. The number of rotatable bonds is 1. The molecule has 1 heterocycles. The largest absolute Gasteiger partial charge is 0.306 e. The van der Waals surface area contributed by atoms with Gasteiger partial charge in [-0.05, 0) is 31.4 Å². The van der Waals surface area contributed by atoms with E-state index in [0.29, 0.717) is 5.69 Å². The van der Waals surface area contributed by atoms with Crippen LogP contribution in [-0.4, -0.2) is 11.9 Å². The molecular formula is C12H12FNO.